The monoisotopic (exact) mass is 287 g/mol. The lowest BCUT2D eigenvalue weighted by molar-refractivity contribution is -0.137. The molecule has 1 aromatic carbocycles. The summed E-state index contributed by atoms with van der Waals surface area (Å²) in [6, 6.07) is 3.39. The highest BCUT2D eigenvalue weighted by Gasteiger charge is 2.30. The fraction of sp³-hybridized carbons (Fsp3) is 0.231. The summed E-state index contributed by atoms with van der Waals surface area (Å²) in [5, 5.41) is 8.94. The summed E-state index contributed by atoms with van der Waals surface area (Å²) in [6.45, 7) is 0. The molecule has 0 unspecified atom stereocenters. The largest absolute Gasteiger partial charge is 0.477 e. The van der Waals surface area contributed by atoms with E-state index in [2.05, 4.69) is 0 Å². The zero-order chi connectivity index (χ0) is 15.5. The van der Waals surface area contributed by atoms with Gasteiger partial charge in [-0.3, -0.25) is 4.79 Å². The Kier molecular flexibility index (Phi) is 4.54. The van der Waals surface area contributed by atoms with Crippen molar-refractivity contribution >= 4 is 11.8 Å². The van der Waals surface area contributed by atoms with Gasteiger partial charge in [0.15, 0.2) is 0 Å². The van der Waals surface area contributed by atoms with Crippen molar-refractivity contribution in [3.05, 3.63) is 47.2 Å². The molecule has 0 aliphatic heterocycles. The predicted octanol–water partition coefficient (Wildman–Crippen LogP) is 2.42. The van der Waals surface area contributed by atoms with Crippen molar-refractivity contribution in [1.82, 2.24) is 4.90 Å². The minimum Gasteiger partial charge on any atom is -0.477 e. The first kappa shape index (κ1) is 15.7. The maximum absolute atomic E-state index is 12.4. The molecule has 1 N–H and O–H groups in total. The highest BCUT2D eigenvalue weighted by Crippen LogP contribution is 2.29. The molecule has 1 aromatic rings. The fourth-order valence-corrected chi connectivity index (χ4v) is 1.44. The van der Waals surface area contributed by atoms with Crippen molar-refractivity contribution < 1.29 is 27.9 Å². The number of benzene rings is 1. The lowest BCUT2D eigenvalue weighted by Crippen LogP contribution is -2.17. The molecule has 1 rings (SSSR count). The number of Topliss-reactive ketones (excluding diaryl/α,β-unsaturated/α-hetero) is 1. The number of aliphatic carboxylic acids is 1. The Morgan fingerprint density at radius 3 is 2.00 bits per heavy atom. The van der Waals surface area contributed by atoms with Crippen LogP contribution in [0, 0.1) is 0 Å². The van der Waals surface area contributed by atoms with Crippen molar-refractivity contribution in [1.29, 1.82) is 0 Å². The number of alkyl halides is 3. The minimum atomic E-state index is -4.50. The van der Waals surface area contributed by atoms with Crippen molar-refractivity contribution in [2.45, 2.75) is 6.18 Å². The Bertz CT molecular complexity index is 545. The number of hydrogen-bond acceptors (Lipinski definition) is 3. The van der Waals surface area contributed by atoms with Gasteiger partial charge in [0.05, 0.1) is 5.56 Å². The summed E-state index contributed by atoms with van der Waals surface area (Å²) in [5.74, 6) is -2.29. The summed E-state index contributed by atoms with van der Waals surface area (Å²) in [5.41, 5.74) is -1.54. The summed E-state index contributed by atoms with van der Waals surface area (Å²) in [7, 11) is 3.06. The van der Waals surface area contributed by atoms with Crippen LogP contribution in [0.5, 0.6) is 0 Å². The molecule has 4 nitrogen and oxygen atoms in total. The molecule has 0 saturated carbocycles. The molecule has 0 radical (unpaired) electrons. The highest BCUT2D eigenvalue weighted by molar-refractivity contribution is 6.23. The first-order valence-corrected chi connectivity index (χ1v) is 5.46. The molecule has 108 valence electrons. The number of carbonyl (C=O) groups excluding carboxylic acids is 1. The van der Waals surface area contributed by atoms with E-state index in [1.807, 2.05) is 0 Å². The number of nitrogens with zero attached hydrogens (tertiary/aromatic N) is 1. The van der Waals surface area contributed by atoms with Gasteiger partial charge in [-0.2, -0.15) is 13.2 Å². The molecule has 0 aliphatic rings. The van der Waals surface area contributed by atoms with Crippen LogP contribution in [0.1, 0.15) is 15.9 Å². The van der Waals surface area contributed by atoms with Crippen molar-refractivity contribution in [2.75, 3.05) is 14.1 Å². The Balaban J connectivity index is 3.11. The first-order valence-electron chi connectivity index (χ1n) is 5.46. The third-order valence-electron chi connectivity index (χ3n) is 2.34. The lowest BCUT2D eigenvalue weighted by atomic mass is 10.0. The molecule has 0 saturated heterocycles. The molecule has 0 amide bonds. The molecule has 0 atom stereocenters. The van der Waals surface area contributed by atoms with Gasteiger partial charge in [-0.15, -0.1) is 0 Å². The molecule has 0 spiro atoms. The molecule has 0 heterocycles. The third kappa shape index (κ3) is 3.84. The SMILES string of the molecule is CN(C)/C=C(/C(=O)O)C(=O)c1ccc(C(F)(F)F)cc1. The van der Waals surface area contributed by atoms with Crippen molar-refractivity contribution in [2.24, 2.45) is 0 Å². The molecule has 0 bridgehead atoms. The van der Waals surface area contributed by atoms with Gasteiger partial charge in [0.2, 0.25) is 5.78 Å². The molecule has 20 heavy (non-hydrogen) atoms. The van der Waals surface area contributed by atoms with Gasteiger partial charge in [0.1, 0.15) is 5.57 Å². The van der Waals surface area contributed by atoms with Crippen LogP contribution < -0.4 is 0 Å². The van der Waals surface area contributed by atoms with Gasteiger partial charge < -0.3 is 10.0 Å². The Morgan fingerprint density at radius 1 is 1.15 bits per heavy atom. The number of rotatable bonds is 4. The van der Waals surface area contributed by atoms with E-state index in [1.165, 1.54) is 19.0 Å². The van der Waals surface area contributed by atoms with Crippen LogP contribution in [0.25, 0.3) is 0 Å². The van der Waals surface area contributed by atoms with Crippen molar-refractivity contribution in [3.8, 4) is 0 Å². The van der Waals surface area contributed by atoms with Gasteiger partial charge in [-0.1, -0.05) is 12.1 Å². The Morgan fingerprint density at radius 2 is 1.65 bits per heavy atom. The van der Waals surface area contributed by atoms with Crippen LogP contribution in [0.3, 0.4) is 0 Å². The van der Waals surface area contributed by atoms with Crippen LogP contribution >= 0.6 is 0 Å². The van der Waals surface area contributed by atoms with Gasteiger partial charge in [0, 0.05) is 25.9 Å². The standard InChI is InChI=1S/C13H12F3NO3/c1-17(2)7-10(12(19)20)11(18)8-3-5-9(6-4-8)13(14,15)16/h3-7H,1-2H3,(H,19,20)/b10-7+. The zero-order valence-corrected chi connectivity index (χ0v) is 10.7. The van der Waals surface area contributed by atoms with Crippen LogP contribution in [0.4, 0.5) is 13.2 Å². The summed E-state index contributed by atoms with van der Waals surface area (Å²) < 4.78 is 37.1. The minimum absolute atomic E-state index is 0.117. The second kappa shape index (κ2) is 5.77. The van der Waals surface area contributed by atoms with Gasteiger partial charge in [-0.05, 0) is 12.1 Å². The highest BCUT2D eigenvalue weighted by atomic mass is 19.4. The number of carboxylic acids is 1. The second-order valence-corrected chi connectivity index (χ2v) is 4.22. The Labute approximate surface area is 113 Å². The third-order valence-corrected chi connectivity index (χ3v) is 2.34. The molecule has 0 aromatic heterocycles. The van der Waals surface area contributed by atoms with Crippen molar-refractivity contribution in [3.63, 3.8) is 0 Å². The van der Waals surface area contributed by atoms with Crippen LogP contribution in [-0.4, -0.2) is 35.9 Å². The van der Waals surface area contributed by atoms with Crippen LogP contribution in [0.2, 0.25) is 0 Å². The van der Waals surface area contributed by atoms with E-state index in [4.69, 9.17) is 5.11 Å². The van der Waals surface area contributed by atoms with E-state index < -0.39 is 29.1 Å². The quantitative estimate of drug-likeness (QED) is 0.400. The van der Waals surface area contributed by atoms with Gasteiger partial charge >= 0.3 is 12.1 Å². The molecular weight excluding hydrogens is 275 g/mol. The number of hydrogen-bond donors (Lipinski definition) is 1. The Hall–Kier alpha value is -2.31. The summed E-state index contributed by atoms with van der Waals surface area (Å²) >= 11 is 0. The topological polar surface area (TPSA) is 57.6 Å². The molecular formula is C13H12F3NO3. The second-order valence-electron chi connectivity index (χ2n) is 4.22. The normalized spacial score (nSPS) is 12.2. The first-order chi connectivity index (χ1) is 9.12. The smallest absolute Gasteiger partial charge is 0.416 e. The van der Waals surface area contributed by atoms with E-state index in [0.29, 0.717) is 0 Å². The fourth-order valence-electron chi connectivity index (χ4n) is 1.44. The van der Waals surface area contributed by atoms with Gasteiger partial charge in [0.25, 0.3) is 0 Å². The maximum Gasteiger partial charge on any atom is 0.416 e. The average molecular weight is 287 g/mol. The summed E-state index contributed by atoms with van der Waals surface area (Å²) in [4.78, 5) is 24.3. The van der Waals surface area contributed by atoms with E-state index in [1.54, 1.807) is 0 Å². The lowest BCUT2D eigenvalue weighted by Gasteiger charge is -2.09. The maximum atomic E-state index is 12.4. The number of carbonyl (C=O) groups is 2. The molecule has 0 aliphatic carbocycles. The van der Waals surface area contributed by atoms with Crippen LogP contribution in [-0.2, 0) is 11.0 Å². The van der Waals surface area contributed by atoms with E-state index in [-0.39, 0.29) is 5.56 Å². The number of carboxylic acid groups (broad SMARTS) is 1. The van der Waals surface area contributed by atoms with E-state index >= 15 is 0 Å². The number of halogens is 3. The average Bonchev–Trinajstić information content (AvgIpc) is 2.33. The molecule has 7 heteroatoms. The van der Waals surface area contributed by atoms with E-state index in [0.717, 1.165) is 30.5 Å². The predicted molar refractivity (Wildman–Crippen MR) is 65.2 cm³/mol. The molecule has 0 fully saturated rings. The summed E-state index contributed by atoms with van der Waals surface area (Å²) in [6.07, 6.45) is -3.40. The van der Waals surface area contributed by atoms with E-state index in [9.17, 15) is 22.8 Å². The number of ketones is 1. The zero-order valence-electron chi connectivity index (χ0n) is 10.7. The van der Waals surface area contributed by atoms with Crippen LogP contribution in [0.15, 0.2) is 36.0 Å². The van der Waals surface area contributed by atoms with Gasteiger partial charge in [-0.25, -0.2) is 4.79 Å².